The number of carbonyl (C=O) groups is 2. The smallest absolute Gasteiger partial charge is 0.258 e. The SMILES string of the molecule is COc1cc2cc3c(O)c(C=O)c(C#C[Si](C)(C)C)c(OC)c3c(O)c2c2c1C(=O)N(C)C2. The molecule has 0 fully saturated rings. The van der Waals surface area contributed by atoms with Crippen molar-refractivity contribution in [3.63, 3.8) is 0 Å². The Labute approximate surface area is 192 Å². The Kier molecular flexibility index (Phi) is 5.25. The van der Waals surface area contributed by atoms with E-state index in [0.29, 0.717) is 40.5 Å². The average Bonchev–Trinajstić information content (AvgIpc) is 3.05. The Morgan fingerprint density at radius 3 is 2.36 bits per heavy atom. The molecule has 2 N–H and O–H groups in total. The van der Waals surface area contributed by atoms with Crippen molar-refractivity contribution < 1.29 is 29.3 Å². The Balaban J connectivity index is 2.23. The fraction of sp³-hybridized carbons (Fsp3) is 0.280. The van der Waals surface area contributed by atoms with Gasteiger partial charge in [0, 0.05) is 24.4 Å². The molecule has 170 valence electrons. The van der Waals surface area contributed by atoms with Crippen LogP contribution < -0.4 is 9.47 Å². The highest BCUT2D eigenvalue weighted by Crippen LogP contribution is 2.49. The number of phenolic OH excluding ortho intramolecular Hbond substituents is 2. The zero-order valence-corrected chi connectivity index (χ0v) is 20.4. The lowest BCUT2D eigenvalue weighted by Gasteiger charge is -2.18. The maximum atomic E-state index is 12.7. The number of carbonyl (C=O) groups excluding carboxylic acids is 2. The number of methoxy groups -OCH3 is 2. The van der Waals surface area contributed by atoms with Crippen molar-refractivity contribution in [3.8, 4) is 34.5 Å². The van der Waals surface area contributed by atoms with Gasteiger partial charge in [0.2, 0.25) is 0 Å². The van der Waals surface area contributed by atoms with Gasteiger partial charge in [0.25, 0.3) is 5.91 Å². The van der Waals surface area contributed by atoms with E-state index < -0.39 is 8.07 Å². The summed E-state index contributed by atoms with van der Waals surface area (Å²) in [5.41, 5.74) is 4.46. The number of aldehydes is 1. The minimum Gasteiger partial charge on any atom is -0.506 e. The number of hydrogen-bond donors (Lipinski definition) is 2. The van der Waals surface area contributed by atoms with Crippen molar-refractivity contribution in [2.75, 3.05) is 21.3 Å². The number of ether oxygens (including phenoxy) is 2. The van der Waals surface area contributed by atoms with E-state index in [1.54, 1.807) is 24.1 Å². The van der Waals surface area contributed by atoms with E-state index >= 15 is 0 Å². The normalized spacial score (nSPS) is 13.2. The standard InChI is InChI=1S/C25H25NO6Si/c1-26-11-16-19-13(10-18(31-2)20(16)25(26)30)9-15-21(23(19)29)24(32-3)14(7-8-33(4,5)6)17(12-27)22(15)28/h9-10,12,28-29H,11H2,1-6H3. The van der Waals surface area contributed by atoms with E-state index in [4.69, 9.17) is 9.47 Å². The predicted octanol–water partition coefficient (Wildman–Crippen LogP) is 4.05. The third-order valence-electron chi connectivity index (χ3n) is 5.76. The maximum absolute atomic E-state index is 12.7. The van der Waals surface area contributed by atoms with Crippen LogP contribution in [0.3, 0.4) is 0 Å². The van der Waals surface area contributed by atoms with Gasteiger partial charge in [-0.05, 0) is 23.1 Å². The van der Waals surface area contributed by atoms with Crippen LogP contribution in [0.5, 0.6) is 23.0 Å². The molecule has 0 aromatic heterocycles. The van der Waals surface area contributed by atoms with Crippen molar-refractivity contribution in [2.24, 2.45) is 0 Å². The summed E-state index contributed by atoms with van der Waals surface area (Å²) in [6, 6.07) is 3.31. The highest BCUT2D eigenvalue weighted by atomic mass is 28.3. The molecule has 0 aliphatic carbocycles. The zero-order chi connectivity index (χ0) is 24.2. The van der Waals surface area contributed by atoms with Crippen LogP contribution in [0.4, 0.5) is 0 Å². The van der Waals surface area contributed by atoms with Crippen molar-refractivity contribution in [1.82, 2.24) is 4.90 Å². The largest absolute Gasteiger partial charge is 0.506 e. The van der Waals surface area contributed by atoms with Gasteiger partial charge in [-0.3, -0.25) is 9.59 Å². The Morgan fingerprint density at radius 2 is 1.79 bits per heavy atom. The van der Waals surface area contributed by atoms with Gasteiger partial charge in [0.1, 0.15) is 31.1 Å². The molecule has 1 aliphatic heterocycles. The number of nitrogens with zero attached hydrogens (tertiary/aromatic N) is 1. The fourth-order valence-electron chi connectivity index (χ4n) is 4.28. The topological polar surface area (TPSA) is 96.3 Å². The molecule has 0 spiro atoms. The van der Waals surface area contributed by atoms with Crippen molar-refractivity contribution in [1.29, 1.82) is 0 Å². The number of phenols is 2. The number of hydrogen-bond acceptors (Lipinski definition) is 6. The summed E-state index contributed by atoms with van der Waals surface area (Å²) in [6.45, 7) is 6.47. The number of aromatic hydroxyl groups is 2. The highest BCUT2D eigenvalue weighted by Gasteiger charge is 2.33. The molecular weight excluding hydrogens is 438 g/mol. The van der Waals surface area contributed by atoms with Crippen LogP contribution in [-0.2, 0) is 6.54 Å². The third kappa shape index (κ3) is 3.36. The maximum Gasteiger partial charge on any atom is 0.258 e. The molecule has 0 unspecified atom stereocenters. The molecule has 7 nitrogen and oxygen atoms in total. The van der Waals surface area contributed by atoms with Crippen LogP contribution in [0.2, 0.25) is 19.6 Å². The summed E-state index contributed by atoms with van der Waals surface area (Å²) in [5, 5.41) is 24.0. The van der Waals surface area contributed by atoms with Gasteiger partial charge in [-0.2, -0.15) is 0 Å². The van der Waals surface area contributed by atoms with Gasteiger partial charge in [-0.1, -0.05) is 25.6 Å². The first kappa shape index (κ1) is 22.5. The summed E-state index contributed by atoms with van der Waals surface area (Å²) >= 11 is 0. The van der Waals surface area contributed by atoms with E-state index in [-0.39, 0.29) is 45.1 Å². The zero-order valence-electron chi connectivity index (χ0n) is 19.4. The molecule has 1 heterocycles. The molecule has 0 saturated carbocycles. The highest BCUT2D eigenvalue weighted by molar-refractivity contribution is 6.83. The van der Waals surface area contributed by atoms with Gasteiger partial charge in [0.05, 0.1) is 36.3 Å². The summed E-state index contributed by atoms with van der Waals surface area (Å²) in [4.78, 5) is 26.2. The van der Waals surface area contributed by atoms with Crippen molar-refractivity contribution in [3.05, 3.63) is 34.4 Å². The molecule has 33 heavy (non-hydrogen) atoms. The van der Waals surface area contributed by atoms with Crippen LogP contribution >= 0.6 is 0 Å². The van der Waals surface area contributed by atoms with E-state index in [1.807, 2.05) is 0 Å². The van der Waals surface area contributed by atoms with Crippen LogP contribution in [0.1, 0.15) is 31.8 Å². The van der Waals surface area contributed by atoms with Gasteiger partial charge >= 0.3 is 0 Å². The molecule has 1 amide bonds. The third-order valence-corrected chi connectivity index (χ3v) is 6.64. The van der Waals surface area contributed by atoms with Crippen molar-refractivity contribution in [2.45, 2.75) is 26.2 Å². The lowest BCUT2D eigenvalue weighted by molar-refractivity contribution is 0.0814. The molecule has 0 radical (unpaired) electrons. The second-order valence-corrected chi connectivity index (χ2v) is 13.9. The van der Waals surface area contributed by atoms with E-state index in [2.05, 4.69) is 31.1 Å². The second-order valence-electron chi connectivity index (χ2n) is 9.13. The van der Waals surface area contributed by atoms with Crippen LogP contribution in [0.25, 0.3) is 21.5 Å². The molecular formula is C25H25NO6Si. The summed E-state index contributed by atoms with van der Waals surface area (Å²) in [5.74, 6) is 2.97. The van der Waals surface area contributed by atoms with Gasteiger partial charge in [-0.15, -0.1) is 5.54 Å². The van der Waals surface area contributed by atoms with Crippen LogP contribution in [0.15, 0.2) is 12.1 Å². The molecule has 0 atom stereocenters. The minimum atomic E-state index is -1.83. The molecule has 3 aromatic carbocycles. The molecule has 4 rings (SSSR count). The first-order chi connectivity index (χ1) is 15.5. The minimum absolute atomic E-state index is 0.00638. The first-order valence-corrected chi connectivity index (χ1v) is 13.9. The summed E-state index contributed by atoms with van der Waals surface area (Å²) in [7, 11) is 2.76. The van der Waals surface area contributed by atoms with Crippen LogP contribution in [0, 0.1) is 11.5 Å². The average molecular weight is 464 g/mol. The van der Waals surface area contributed by atoms with E-state index in [0.717, 1.165) is 0 Å². The Morgan fingerprint density at radius 1 is 1.09 bits per heavy atom. The molecule has 0 saturated heterocycles. The quantitative estimate of drug-likeness (QED) is 0.263. The molecule has 1 aliphatic rings. The second kappa shape index (κ2) is 7.71. The Bertz CT molecular complexity index is 1430. The lowest BCUT2D eigenvalue weighted by atomic mass is 9.91. The molecule has 0 bridgehead atoms. The van der Waals surface area contributed by atoms with E-state index in [9.17, 15) is 19.8 Å². The number of benzene rings is 3. The predicted molar refractivity (Wildman–Crippen MR) is 129 cm³/mol. The van der Waals surface area contributed by atoms with Gasteiger partial charge < -0.3 is 24.6 Å². The first-order valence-electron chi connectivity index (χ1n) is 10.4. The molecule has 3 aromatic rings. The van der Waals surface area contributed by atoms with Crippen molar-refractivity contribution >= 4 is 41.8 Å². The Hall–Kier alpha value is -3.70. The monoisotopic (exact) mass is 463 g/mol. The summed E-state index contributed by atoms with van der Waals surface area (Å²) < 4.78 is 11.1. The van der Waals surface area contributed by atoms with Gasteiger partial charge in [-0.25, -0.2) is 0 Å². The molecule has 8 heteroatoms. The fourth-order valence-corrected chi connectivity index (χ4v) is 4.78. The lowest BCUT2D eigenvalue weighted by Crippen LogP contribution is -2.17. The van der Waals surface area contributed by atoms with E-state index in [1.165, 1.54) is 14.2 Å². The van der Waals surface area contributed by atoms with Gasteiger partial charge in [0.15, 0.2) is 6.29 Å². The number of amides is 1. The summed E-state index contributed by atoms with van der Waals surface area (Å²) in [6.07, 6.45) is 0.545. The number of fused-ring (bicyclic) bond motifs is 4. The number of rotatable bonds is 3. The van der Waals surface area contributed by atoms with Crippen LogP contribution in [-0.4, -0.2) is 56.6 Å².